The van der Waals surface area contributed by atoms with Crippen molar-refractivity contribution < 1.29 is 19.1 Å². The van der Waals surface area contributed by atoms with Crippen molar-refractivity contribution in [2.24, 2.45) is 0 Å². The van der Waals surface area contributed by atoms with E-state index in [0.29, 0.717) is 23.4 Å². The Hall–Kier alpha value is -2.04. The van der Waals surface area contributed by atoms with E-state index in [1.807, 2.05) is 0 Å². The van der Waals surface area contributed by atoms with Gasteiger partial charge < -0.3 is 14.8 Å². The van der Waals surface area contributed by atoms with Crippen LogP contribution in [-0.4, -0.2) is 32.2 Å². The molecule has 0 spiro atoms. The van der Waals surface area contributed by atoms with Crippen molar-refractivity contribution >= 4 is 17.6 Å². The zero-order valence-electron chi connectivity index (χ0n) is 11.7. The van der Waals surface area contributed by atoms with Gasteiger partial charge in [0.15, 0.2) is 0 Å². The fraction of sp³-hybridized carbons (Fsp3) is 0.429. The molecule has 1 N–H and O–H groups in total. The van der Waals surface area contributed by atoms with Gasteiger partial charge in [0.1, 0.15) is 0 Å². The first-order chi connectivity index (χ1) is 9.04. The molecule has 0 amide bonds. The van der Waals surface area contributed by atoms with Gasteiger partial charge in [0.2, 0.25) is 0 Å². The summed E-state index contributed by atoms with van der Waals surface area (Å²) in [4.78, 5) is 23.7. The van der Waals surface area contributed by atoms with E-state index in [2.05, 4.69) is 5.32 Å². The van der Waals surface area contributed by atoms with Crippen molar-refractivity contribution in [3.63, 3.8) is 0 Å². The predicted octanol–water partition coefficient (Wildman–Crippen LogP) is 2.39. The third kappa shape index (κ3) is 3.47. The summed E-state index contributed by atoms with van der Waals surface area (Å²) in [6.07, 6.45) is 0. The zero-order valence-corrected chi connectivity index (χ0v) is 11.7. The Bertz CT molecular complexity index is 483. The Balaban J connectivity index is 3.25. The van der Waals surface area contributed by atoms with Gasteiger partial charge in [-0.1, -0.05) is 0 Å². The van der Waals surface area contributed by atoms with Gasteiger partial charge in [0, 0.05) is 12.7 Å². The van der Waals surface area contributed by atoms with E-state index in [-0.39, 0.29) is 6.61 Å². The van der Waals surface area contributed by atoms with E-state index in [0.717, 1.165) is 5.56 Å². The number of aryl methyl sites for hydroxylation is 1. The smallest absolute Gasteiger partial charge is 0.340 e. The van der Waals surface area contributed by atoms with Gasteiger partial charge in [0.25, 0.3) is 0 Å². The minimum absolute atomic E-state index is 0.282. The molecular formula is C14H19NO4. The summed E-state index contributed by atoms with van der Waals surface area (Å²) in [7, 11) is 1.71. The highest BCUT2D eigenvalue weighted by molar-refractivity contribution is 6.00. The van der Waals surface area contributed by atoms with Crippen molar-refractivity contribution in [3.8, 4) is 0 Å². The fourth-order valence-electron chi connectivity index (χ4n) is 1.72. The topological polar surface area (TPSA) is 64.6 Å². The Morgan fingerprint density at radius 2 is 1.58 bits per heavy atom. The number of rotatable bonds is 5. The minimum atomic E-state index is -0.461. The van der Waals surface area contributed by atoms with Crippen LogP contribution in [0.5, 0.6) is 0 Å². The molecule has 0 aromatic heterocycles. The van der Waals surface area contributed by atoms with Crippen LogP contribution in [0.15, 0.2) is 12.1 Å². The number of benzene rings is 1. The molecule has 0 radical (unpaired) electrons. The highest BCUT2D eigenvalue weighted by atomic mass is 16.5. The molecule has 1 aromatic rings. The number of nitrogens with one attached hydrogen (secondary N) is 1. The van der Waals surface area contributed by atoms with Crippen molar-refractivity contribution in [3.05, 3.63) is 28.8 Å². The maximum absolute atomic E-state index is 11.9. The number of anilines is 1. The van der Waals surface area contributed by atoms with Gasteiger partial charge in [-0.2, -0.15) is 0 Å². The number of carbonyl (C=O) groups is 2. The predicted molar refractivity (Wildman–Crippen MR) is 72.6 cm³/mol. The quantitative estimate of drug-likeness (QED) is 0.828. The standard InChI is InChI=1S/C14H19NO4/c1-5-18-13(16)10-8-11(14(17)19-6-2)12(15-4)7-9(10)3/h7-8,15H,5-6H2,1-4H3. The molecule has 1 aromatic carbocycles. The molecule has 0 saturated carbocycles. The third-order valence-corrected chi connectivity index (χ3v) is 2.62. The lowest BCUT2D eigenvalue weighted by molar-refractivity contribution is 0.0525. The van der Waals surface area contributed by atoms with Gasteiger partial charge in [-0.3, -0.25) is 0 Å². The zero-order chi connectivity index (χ0) is 14.4. The van der Waals surface area contributed by atoms with E-state index in [9.17, 15) is 9.59 Å². The van der Waals surface area contributed by atoms with E-state index in [1.54, 1.807) is 33.9 Å². The van der Waals surface area contributed by atoms with Crippen molar-refractivity contribution in [1.29, 1.82) is 0 Å². The molecule has 0 saturated heterocycles. The molecule has 0 atom stereocenters. The highest BCUT2D eigenvalue weighted by Gasteiger charge is 2.18. The minimum Gasteiger partial charge on any atom is -0.462 e. The Kier molecular flexibility index (Phi) is 5.36. The molecule has 0 unspecified atom stereocenters. The first-order valence-electron chi connectivity index (χ1n) is 6.21. The number of ether oxygens (including phenoxy) is 2. The Morgan fingerprint density at radius 3 is 2.05 bits per heavy atom. The molecule has 0 aliphatic heterocycles. The summed E-state index contributed by atoms with van der Waals surface area (Å²) in [5.74, 6) is -0.898. The normalized spacial score (nSPS) is 9.89. The lowest BCUT2D eigenvalue weighted by Gasteiger charge is -2.12. The summed E-state index contributed by atoms with van der Waals surface area (Å²) in [5.41, 5.74) is 2.08. The molecule has 0 fully saturated rings. The van der Waals surface area contributed by atoms with Crippen LogP contribution in [0, 0.1) is 6.92 Å². The fourth-order valence-corrected chi connectivity index (χ4v) is 1.72. The molecular weight excluding hydrogens is 246 g/mol. The summed E-state index contributed by atoms with van der Waals surface area (Å²) in [6, 6.07) is 3.25. The molecule has 5 nitrogen and oxygen atoms in total. The van der Waals surface area contributed by atoms with Crippen molar-refractivity contribution in [2.45, 2.75) is 20.8 Å². The first kappa shape index (κ1) is 15.0. The van der Waals surface area contributed by atoms with Crippen LogP contribution in [0.2, 0.25) is 0 Å². The number of carbonyl (C=O) groups excluding carboxylic acids is 2. The molecule has 1 rings (SSSR count). The van der Waals surface area contributed by atoms with E-state index in [1.165, 1.54) is 6.07 Å². The van der Waals surface area contributed by atoms with Crippen LogP contribution in [0.3, 0.4) is 0 Å². The monoisotopic (exact) mass is 265 g/mol. The van der Waals surface area contributed by atoms with Crippen LogP contribution < -0.4 is 5.32 Å². The van der Waals surface area contributed by atoms with Crippen LogP contribution >= 0.6 is 0 Å². The second kappa shape index (κ2) is 6.78. The second-order valence-corrected chi connectivity index (χ2v) is 3.90. The molecule has 104 valence electrons. The summed E-state index contributed by atoms with van der Waals surface area (Å²) in [6.45, 7) is 5.84. The van der Waals surface area contributed by atoms with Gasteiger partial charge in [0.05, 0.1) is 24.3 Å². The summed E-state index contributed by atoms with van der Waals surface area (Å²) in [5, 5.41) is 2.92. The number of esters is 2. The number of hydrogen-bond donors (Lipinski definition) is 1. The van der Waals surface area contributed by atoms with Gasteiger partial charge in [-0.25, -0.2) is 9.59 Å². The van der Waals surface area contributed by atoms with Crippen LogP contribution in [0.4, 0.5) is 5.69 Å². The van der Waals surface area contributed by atoms with E-state index < -0.39 is 11.9 Å². The van der Waals surface area contributed by atoms with Gasteiger partial charge in [-0.05, 0) is 38.5 Å². The highest BCUT2D eigenvalue weighted by Crippen LogP contribution is 2.22. The second-order valence-electron chi connectivity index (χ2n) is 3.90. The third-order valence-electron chi connectivity index (χ3n) is 2.62. The molecule has 0 aliphatic rings. The lowest BCUT2D eigenvalue weighted by Crippen LogP contribution is -2.13. The van der Waals surface area contributed by atoms with Crippen LogP contribution in [0.1, 0.15) is 40.1 Å². The maximum Gasteiger partial charge on any atom is 0.340 e. The van der Waals surface area contributed by atoms with Gasteiger partial charge in [-0.15, -0.1) is 0 Å². The molecule has 19 heavy (non-hydrogen) atoms. The molecule has 0 heterocycles. The first-order valence-corrected chi connectivity index (χ1v) is 6.21. The average Bonchev–Trinajstić information content (AvgIpc) is 2.38. The average molecular weight is 265 g/mol. The maximum atomic E-state index is 11.9. The summed E-state index contributed by atoms with van der Waals surface area (Å²) < 4.78 is 9.94. The SMILES string of the molecule is CCOC(=O)c1cc(C(=O)OCC)c(NC)cc1C. The van der Waals surface area contributed by atoms with E-state index >= 15 is 0 Å². The summed E-state index contributed by atoms with van der Waals surface area (Å²) >= 11 is 0. The van der Waals surface area contributed by atoms with Crippen LogP contribution in [-0.2, 0) is 9.47 Å². The molecule has 5 heteroatoms. The van der Waals surface area contributed by atoms with Gasteiger partial charge >= 0.3 is 11.9 Å². The Morgan fingerprint density at radius 1 is 1.05 bits per heavy atom. The van der Waals surface area contributed by atoms with Crippen molar-refractivity contribution in [2.75, 3.05) is 25.6 Å². The van der Waals surface area contributed by atoms with E-state index in [4.69, 9.17) is 9.47 Å². The number of hydrogen-bond acceptors (Lipinski definition) is 5. The Labute approximate surface area is 112 Å². The van der Waals surface area contributed by atoms with Crippen molar-refractivity contribution in [1.82, 2.24) is 0 Å². The molecule has 0 aliphatic carbocycles. The van der Waals surface area contributed by atoms with Crippen LogP contribution in [0.25, 0.3) is 0 Å². The molecule has 0 bridgehead atoms. The largest absolute Gasteiger partial charge is 0.462 e. The lowest BCUT2D eigenvalue weighted by atomic mass is 10.0.